The Hall–Kier alpha value is -3.42. The van der Waals surface area contributed by atoms with Crippen molar-refractivity contribution in [3.8, 4) is 11.5 Å². The third-order valence-corrected chi connectivity index (χ3v) is 3.94. The molecule has 0 spiro atoms. The largest absolute Gasteiger partial charge is 0.454 e. The Labute approximate surface area is 154 Å². The number of aryl methyl sites for hydroxylation is 1. The predicted molar refractivity (Wildman–Crippen MR) is 96.3 cm³/mol. The molecule has 0 saturated heterocycles. The molecule has 0 bridgehead atoms. The van der Waals surface area contributed by atoms with E-state index in [1.807, 2.05) is 25.1 Å². The first-order valence-electron chi connectivity index (χ1n) is 8.27. The van der Waals surface area contributed by atoms with Crippen molar-refractivity contribution in [2.75, 3.05) is 17.4 Å². The molecule has 4 rings (SSSR count). The molecular weight excluding hydrogens is 354 g/mol. The Morgan fingerprint density at radius 2 is 1.81 bits per heavy atom. The number of aromatic nitrogens is 2. The van der Waals surface area contributed by atoms with Gasteiger partial charge in [0.05, 0.1) is 0 Å². The Morgan fingerprint density at radius 3 is 2.67 bits per heavy atom. The number of hydrogen-bond donors (Lipinski definition) is 2. The molecule has 0 atom stereocenters. The van der Waals surface area contributed by atoms with Gasteiger partial charge in [-0.2, -0.15) is 4.98 Å². The maximum Gasteiger partial charge on any atom is 0.231 e. The minimum atomic E-state index is -0.936. The van der Waals surface area contributed by atoms with Crippen LogP contribution in [0.4, 0.5) is 26.2 Å². The highest BCUT2D eigenvalue weighted by Gasteiger charge is 2.13. The van der Waals surface area contributed by atoms with E-state index in [1.165, 1.54) is 6.07 Å². The summed E-state index contributed by atoms with van der Waals surface area (Å²) in [5.41, 5.74) is 2.09. The van der Waals surface area contributed by atoms with Gasteiger partial charge in [-0.3, -0.25) is 0 Å². The van der Waals surface area contributed by atoms with Crippen molar-refractivity contribution in [1.82, 2.24) is 9.97 Å². The Bertz CT molecular complexity index is 997. The van der Waals surface area contributed by atoms with Crippen LogP contribution in [0.15, 0.2) is 42.5 Å². The summed E-state index contributed by atoms with van der Waals surface area (Å²) in [5, 5.41) is 6.10. The van der Waals surface area contributed by atoms with E-state index in [9.17, 15) is 8.78 Å². The molecular formula is C19H16F2N4O2. The Kier molecular flexibility index (Phi) is 4.45. The first-order valence-corrected chi connectivity index (χ1v) is 8.27. The first-order chi connectivity index (χ1) is 13.1. The minimum absolute atomic E-state index is 0.232. The monoisotopic (exact) mass is 370 g/mol. The van der Waals surface area contributed by atoms with Crippen LogP contribution in [0.25, 0.3) is 0 Å². The number of benzene rings is 2. The van der Waals surface area contributed by atoms with Gasteiger partial charge in [0.15, 0.2) is 23.1 Å². The molecule has 0 saturated carbocycles. The van der Waals surface area contributed by atoms with Gasteiger partial charge >= 0.3 is 0 Å². The zero-order chi connectivity index (χ0) is 18.8. The summed E-state index contributed by atoms with van der Waals surface area (Å²) in [7, 11) is 0. The topological polar surface area (TPSA) is 68.3 Å². The van der Waals surface area contributed by atoms with E-state index in [2.05, 4.69) is 20.6 Å². The zero-order valence-corrected chi connectivity index (χ0v) is 14.4. The molecule has 0 unspecified atom stereocenters. The summed E-state index contributed by atoms with van der Waals surface area (Å²) in [6.07, 6.45) is 0. The number of hydrogen-bond acceptors (Lipinski definition) is 6. The van der Waals surface area contributed by atoms with Gasteiger partial charge in [0.1, 0.15) is 5.82 Å². The number of nitrogens with one attached hydrogen (secondary N) is 2. The molecule has 0 radical (unpaired) electrons. The SMILES string of the molecule is Cc1cc(NCc2ccc3c(c2)OCO3)nc(Nc2ccc(F)c(F)c2)n1. The molecule has 2 aromatic carbocycles. The summed E-state index contributed by atoms with van der Waals surface area (Å²) >= 11 is 0. The molecule has 27 heavy (non-hydrogen) atoms. The number of fused-ring (bicyclic) bond motifs is 1. The zero-order valence-electron chi connectivity index (χ0n) is 14.4. The van der Waals surface area contributed by atoms with Crippen LogP contribution < -0.4 is 20.1 Å². The fourth-order valence-corrected chi connectivity index (χ4v) is 2.66. The molecule has 1 aliphatic heterocycles. The van der Waals surface area contributed by atoms with Crippen molar-refractivity contribution >= 4 is 17.5 Å². The molecule has 1 aliphatic rings. The van der Waals surface area contributed by atoms with E-state index in [4.69, 9.17) is 9.47 Å². The highest BCUT2D eigenvalue weighted by molar-refractivity contribution is 5.55. The van der Waals surface area contributed by atoms with Crippen molar-refractivity contribution in [3.63, 3.8) is 0 Å². The number of halogens is 2. The van der Waals surface area contributed by atoms with Crippen LogP contribution in [0.5, 0.6) is 11.5 Å². The van der Waals surface area contributed by atoms with Crippen LogP contribution in [-0.2, 0) is 6.54 Å². The lowest BCUT2D eigenvalue weighted by Gasteiger charge is -2.10. The lowest BCUT2D eigenvalue weighted by Crippen LogP contribution is -2.06. The molecule has 6 nitrogen and oxygen atoms in total. The Balaban J connectivity index is 1.47. The molecule has 0 aliphatic carbocycles. The van der Waals surface area contributed by atoms with Crippen LogP contribution in [0.2, 0.25) is 0 Å². The highest BCUT2D eigenvalue weighted by atomic mass is 19.2. The molecule has 0 fully saturated rings. The average molecular weight is 370 g/mol. The summed E-state index contributed by atoms with van der Waals surface area (Å²) in [6, 6.07) is 11.0. The molecule has 2 N–H and O–H groups in total. The van der Waals surface area contributed by atoms with Crippen molar-refractivity contribution in [2.24, 2.45) is 0 Å². The molecule has 2 heterocycles. The van der Waals surface area contributed by atoms with Crippen LogP contribution in [0.3, 0.4) is 0 Å². The Morgan fingerprint density at radius 1 is 0.963 bits per heavy atom. The number of ether oxygens (including phenoxy) is 2. The van der Waals surface area contributed by atoms with Gasteiger partial charge in [0.2, 0.25) is 12.7 Å². The maximum absolute atomic E-state index is 13.4. The molecule has 0 amide bonds. The third-order valence-electron chi connectivity index (χ3n) is 3.94. The second kappa shape index (κ2) is 7.06. The fraction of sp³-hybridized carbons (Fsp3) is 0.158. The average Bonchev–Trinajstić information content (AvgIpc) is 3.10. The van der Waals surface area contributed by atoms with Gasteiger partial charge in [0, 0.05) is 30.1 Å². The number of rotatable bonds is 5. The number of nitrogens with zero attached hydrogens (tertiary/aromatic N) is 2. The van der Waals surface area contributed by atoms with E-state index >= 15 is 0 Å². The van der Waals surface area contributed by atoms with Gasteiger partial charge < -0.3 is 20.1 Å². The van der Waals surface area contributed by atoms with E-state index < -0.39 is 11.6 Å². The predicted octanol–water partition coefficient (Wildman–Crippen LogP) is 4.15. The third kappa shape index (κ3) is 3.89. The number of anilines is 3. The van der Waals surface area contributed by atoms with Gasteiger partial charge in [-0.25, -0.2) is 13.8 Å². The van der Waals surface area contributed by atoms with Gasteiger partial charge in [-0.15, -0.1) is 0 Å². The van der Waals surface area contributed by atoms with Crippen molar-refractivity contribution < 1.29 is 18.3 Å². The van der Waals surface area contributed by atoms with E-state index in [0.717, 1.165) is 29.1 Å². The smallest absolute Gasteiger partial charge is 0.231 e. The lowest BCUT2D eigenvalue weighted by molar-refractivity contribution is 0.174. The summed E-state index contributed by atoms with van der Waals surface area (Å²) < 4.78 is 37.1. The van der Waals surface area contributed by atoms with E-state index in [0.29, 0.717) is 23.8 Å². The maximum atomic E-state index is 13.4. The summed E-state index contributed by atoms with van der Waals surface area (Å²) in [5.74, 6) is 0.494. The van der Waals surface area contributed by atoms with E-state index in [-0.39, 0.29) is 12.7 Å². The van der Waals surface area contributed by atoms with Crippen molar-refractivity contribution in [2.45, 2.75) is 13.5 Å². The molecule has 138 valence electrons. The van der Waals surface area contributed by atoms with Crippen LogP contribution in [0.1, 0.15) is 11.3 Å². The first kappa shape index (κ1) is 17.0. The van der Waals surface area contributed by atoms with Gasteiger partial charge in [-0.05, 0) is 36.8 Å². The highest BCUT2D eigenvalue weighted by Crippen LogP contribution is 2.32. The minimum Gasteiger partial charge on any atom is -0.454 e. The second-order valence-corrected chi connectivity index (χ2v) is 6.01. The van der Waals surface area contributed by atoms with Crippen LogP contribution in [-0.4, -0.2) is 16.8 Å². The molecule has 1 aromatic heterocycles. The summed E-state index contributed by atoms with van der Waals surface area (Å²) in [4.78, 5) is 8.63. The van der Waals surface area contributed by atoms with Crippen LogP contribution >= 0.6 is 0 Å². The lowest BCUT2D eigenvalue weighted by atomic mass is 10.2. The van der Waals surface area contributed by atoms with Crippen LogP contribution in [0, 0.1) is 18.6 Å². The standard InChI is InChI=1S/C19H16F2N4O2/c1-11-6-18(22-9-12-2-5-16-17(7-12)27-10-26-16)25-19(23-11)24-13-3-4-14(20)15(21)8-13/h2-8H,9-10H2,1H3,(H2,22,23,24,25). The van der Waals surface area contributed by atoms with Gasteiger partial charge in [-0.1, -0.05) is 6.07 Å². The van der Waals surface area contributed by atoms with Crippen molar-refractivity contribution in [1.29, 1.82) is 0 Å². The van der Waals surface area contributed by atoms with Crippen molar-refractivity contribution in [3.05, 3.63) is 65.4 Å². The molecule has 3 aromatic rings. The van der Waals surface area contributed by atoms with E-state index in [1.54, 1.807) is 6.07 Å². The fourth-order valence-electron chi connectivity index (χ4n) is 2.66. The normalized spacial score (nSPS) is 12.1. The molecule has 8 heteroatoms. The quantitative estimate of drug-likeness (QED) is 0.703. The van der Waals surface area contributed by atoms with Gasteiger partial charge in [0.25, 0.3) is 0 Å². The summed E-state index contributed by atoms with van der Waals surface area (Å²) in [6.45, 7) is 2.58. The second-order valence-electron chi connectivity index (χ2n) is 6.01.